The standard InChI is InChI=1S/C22H19N3.C21H17N3.C21H16N2.CH4.3Pd/c1-16-12-17(2)25(24-16)21-9-4-7-19(15-21)13-18-6-3-8-20(14-18)22-10-5-11-23-22;1-23-11-12-24(16-23)20-8-3-6-18(15-20)13-17-5-2-7-19(14-17)21-9-4-10-22-21;1-5-16(14-18(7-1)20-9-3-11-22-20)13-17-6-2-8-19(15-17)21-10-4-12-23-21;;;;/h3-9,11-12H,10,13H2,1-2H3;2-8,10-12H,9,13H2,1H3;1-8,11-12H,9-10,13H2;1H4;;;/q3*-2;;;2*+2. The Kier molecular flexibility index (Phi) is 22.0. The van der Waals surface area contributed by atoms with E-state index in [4.69, 9.17) is 0 Å². The zero-order valence-electron chi connectivity index (χ0n) is 41.7. The monoisotopic (exact) mass is 1270 g/mol. The van der Waals surface area contributed by atoms with E-state index in [9.17, 15) is 0 Å². The van der Waals surface area contributed by atoms with E-state index in [-0.39, 0.29) is 68.7 Å². The van der Waals surface area contributed by atoms with Crippen molar-refractivity contribution in [2.24, 2.45) is 27.0 Å². The molecule has 0 N–H and O–H groups in total. The summed E-state index contributed by atoms with van der Waals surface area (Å²) in [7, 11) is 1.96. The topological polar surface area (TPSA) is 76.1 Å². The summed E-state index contributed by atoms with van der Waals surface area (Å²) in [5.74, 6) is 0. The van der Waals surface area contributed by atoms with Crippen molar-refractivity contribution in [2.45, 2.75) is 66.2 Å². The molecule has 0 saturated heterocycles. The molecular formula is C65H56N8Pd3-2. The molecule has 0 saturated carbocycles. The minimum Gasteiger partial charge on any atom is -0.348 e. The van der Waals surface area contributed by atoms with Crippen LogP contribution in [0.3, 0.4) is 0 Å². The van der Waals surface area contributed by atoms with Gasteiger partial charge in [0.2, 0.25) is 6.33 Å². The van der Waals surface area contributed by atoms with E-state index < -0.39 is 0 Å². The van der Waals surface area contributed by atoms with Crippen molar-refractivity contribution in [3.63, 3.8) is 0 Å². The summed E-state index contributed by atoms with van der Waals surface area (Å²) in [5, 5.41) is 4.55. The number of benzene rings is 6. The molecule has 12 rings (SSSR count). The molecule has 4 aliphatic heterocycles. The van der Waals surface area contributed by atoms with Crippen LogP contribution in [-0.4, -0.2) is 37.2 Å². The average Bonchev–Trinajstić information content (AvgIpc) is 4.27. The van der Waals surface area contributed by atoms with Gasteiger partial charge >= 0.3 is 40.8 Å². The van der Waals surface area contributed by atoms with Crippen LogP contribution in [0.1, 0.15) is 100 Å². The summed E-state index contributed by atoms with van der Waals surface area (Å²) in [4.78, 5) is 17.6. The molecule has 76 heavy (non-hydrogen) atoms. The third kappa shape index (κ3) is 15.5. The molecule has 388 valence electrons. The van der Waals surface area contributed by atoms with Gasteiger partial charge in [-0.1, -0.05) is 37.4 Å². The van der Waals surface area contributed by atoms with Crippen LogP contribution in [0.2, 0.25) is 0 Å². The number of rotatable bonds is 12. The van der Waals surface area contributed by atoms with Gasteiger partial charge < -0.3 is 29.1 Å². The number of nitrogens with zero attached hydrogens (tertiary/aromatic N) is 8. The number of imidazole rings is 1. The van der Waals surface area contributed by atoms with E-state index in [0.717, 1.165) is 146 Å². The van der Waals surface area contributed by atoms with Gasteiger partial charge in [0.15, 0.2) is 0 Å². The molecular weight excluding hydrogens is 1210 g/mol. The molecule has 8 aromatic rings. The summed E-state index contributed by atoms with van der Waals surface area (Å²) in [6.45, 7) is 4.07. The van der Waals surface area contributed by atoms with Gasteiger partial charge in [-0.25, -0.2) is 0 Å². The number of aliphatic imine (C=N–C) groups is 4. The van der Waals surface area contributed by atoms with E-state index in [1.807, 2.05) is 77.1 Å². The first-order valence-corrected chi connectivity index (χ1v) is 24.3. The maximum Gasteiger partial charge on any atom is 2.00 e. The van der Waals surface area contributed by atoms with Crippen molar-refractivity contribution in [1.82, 2.24) is 14.3 Å². The average molecular weight is 1270 g/mol. The molecule has 4 aliphatic rings. The second-order valence-corrected chi connectivity index (χ2v) is 17.9. The SMILES string of the molecule is C.C[n+]1[c-]n(-c2[c-]c(Cc3[c-]c(C4=NC=CC4)ccc3)ccc2)cc1.Cc1cc(C)n(-c2[c-]c(Cc3[c-]c(C4=NC=CC4)ccc3)ccc2)n1.[Pd+2].[Pd+2].[Pd].[c-]1c(Cc2[c-]c(C3=NC=CC3)ccc2)cccc1C1=NC=CC1. The fourth-order valence-electron chi connectivity index (χ4n) is 8.81. The quantitative estimate of drug-likeness (QED) is 0.0682. The smallest absolute Gasteiger partial charge is 0.348 e. The van der Waals surface area contributed by atoms with E-state index in [1.165, 1.54) is 0 Å². The van der Waals surface area contributed by atoms with Gasteiger partial charge in [-0.2, -0.15) is 58.7 Å². The van der Waals surface area contributed by atoms with E-state index in [1.54, 1.807) is 0 Å². The molecule has 0 aliphatic carbocycles. The third-order valence-corrected chi connectivity index (χ3v) is 12.3. The maximum atomic E-state index is 4.55. The van der Waals surface area contributed by atoms with Crippen molar-refractivity contribution in [2.75, 3.05) is 0 Å². The van der Waals surface area contributed by atoms with Crippen molar-refractivity contribution in [3.8, 4) is 11.4 Å². The minimum atomic E-state index is 0. The van der Waals surface area contributed by atoms with Gasteiger partial charge in [0.05, 0.1) is 12.7 Å². The van der Waals surface area contributed by atoms with E-state index >= 15 is 0 Å². The first-order valence-electron chi connectivity index (χ1n) is 24.3. The Balaban J connectivity index is 0.000000180. The Hall–Kier alpha value is -6.63. The zero-order valence-corrected chi connectivity index (χ0v) is 46.4. The molecule has 0 unspecified atom stereocenters. The number of hydrogen-bond acceptors (Lipinski definition) is 5. The molecule has 8 nitrogen and oxygen atoms in total. The van der Waals surface area contributed by atoms with Crippen molar-refractivity contribution in [1.29, 1.82) is 0 Å². The van der Waals surface area contributed by atoms with E-state index in [0.29, 0.717) is 0 Å². The molecule has 6 aromatic carbocycles. The molecule has 0 bridgehead atoms. The summed E-state index contributed by atoms with van der Waals surface area (Å²) >= 11 is 0. The van der Waals surface area contributed by atoms with Crippen LogP contribution in [0.4, 0.5) is 0 Å². The summed E-state index contributed by atoms with van der Waals surface area (Å²) in [5.41, 5.74) is 19.7. The third-order valence-electron chi connectivity index (χ3n) is 12.3. The van der Waals surface area contributed by atoms with E-state index in [2.05, 4.69) is 202 Å². The number of hydrogen-bond donors (Lipinski definition) is 0. The molecule has 0 atom stereocenters. The van der Waals surface area contributed by atoms with Crippen LogP contribution in [0.25, 0.3) is 11.4 Å². The number of aromatic nitrogens is 4. The summed E-state index contributed by atoms with van der Waals surface area (Å²) in [6.07, 6.45) is 28.9. The van der Waals surface area contributed by atoms with Crippen LogP contribution in [0.5, 0.6) is 0 Å². The summed E-state index contributed by atoms with van der Waals surface area (Å²) < 4.78 is 5.79. The predicted molar refractivity (Wildman–Crippen MR) is 294 cm³/mol. The Morgan fingerprint density at radius 1 is 0.474 bits per heavy atom. The van der Waals surface area contributed by atoms with Crippen LogP contribution in [0, 0.1) is 56.6 Å². The Morgan fingerprint density at radius 2 is 0.816 bits per heavy atom. The normalized spacial score (nSPS) is 13.4. The molecule has 0 radical (unpaired) electrons. The first-order chi connectivity index (χ1) is 35.3. The van der Waals surface area contributed by atoms with Gasteiger partial charge in [-0.05, 0) is 93.4 Å². The number of aryl methyl sites for hydroxylation is 3. The second kappa shape index (κ2) is 28.5. The van der Waals surface area contributed by atoms with Gasteiger partial charge in [-0.15, -0.1) is 148 Å². The second-order valence-electron chi connectivity index (χ2n) is 17.9. The Labute approximate surface area is 490 Å². The number of allylic oxidation sites excluding steroid dienone is 4. The van der Waals surface area contributed by atoms with Crippen LogP contribution in [-0.2, 0) is 87.6 Å². The fraction of sp³-hybridized carbons (Fsp3) is 0.169. The Morgan fingerprint density at radius 3 is 1.13 bits per heavy atom. The predicted octanol–water partition coefficient (Wildman–Crippen LogP) is 12.3. The van der Waals surface area contributed by atoms with Crippen LogP contribution in [0.15, 0.2) is 197 Å². The van der Waals surface area contributed by atoms with Gasteiger partial charge in [0.1, 0.15) is 0 Å². The zero-order chi connectivity index (χ0) is 49.1. The summed E-state index contributed by atoms with van der Waals surface area (Å²) in [6, 6.07) is 60.5. The molecule has 0 spiro atoms. The van der Waals surface area contributed by atoms with Gasteiger partial charge in [0.25, 0.3) is 0 Å². The maximum absolute atomic E-state index is 4.55. The molecule has 0 amide bonds. The molecule has 6 heterocycles. The molecule has 11 heteroatoms. The Bertz CT molecular complexity index is 3440. The largest absolute Gasteiger partial charge is 2.00 e. The fourth-order valence-corrected chi connectivity index (χ4v) is 8.81. The van der Waals surface area contributed by atoms with Gasteiger partial charge in [-0.3, -0.25) is 4.68 Å². The minimum absolute atomic E-state index is 0. The van der Waals surface area contributed by atoms with Crippen LogP contribution < -0.4 is 4.57 Å². The van der Waals surface area contributed by atoms with Crippen molar-refractivity contribution >= 4 is 22.8 Å². The van der Waals surface area contributed by atoms with Crippen LogP contribution >= 0.6 is 0 Å². The molecule has 2 aromatic heterocycles. The van der Waals surface area contributed by atoms with Gasteiger partial charge in [0, 0.05) is 63.3 Å². The van der Waals surface area contributed by atoms with Crippen molar-refractivity contribution in [3.05, 3.63) is 287 Å². The molecule has 0 fully saturated rings. The first kappa shape index (κ1) is 58.6. The van der Waals surface area contributed by atoms with Crippen molar-refractivity contribution < 1.29 is 65.8 Å².